The SMILES string of the molecule is CC1C(CSc2ccccn2)OC(c2cccc(N3C(=O)c4ccccc4C3=O)c2)OC1c1ccc(CO)cc1. The van der Waals surface area contributed by atoms with Crippen molar-refractivity contribution >= 4 is 29.3 Å². The van der Waals surface area contributed by atoms with Crippen LogP contribution in [0.1, 0.15) is 56.7 Å². The second-order valence-corrected chi connectivity index (χ2v) is 10.9. The van der Waals surface area contributed by atoms with Gasteiger partial charge in [-0.3, -0.25) is 9.59 Å². The highest BCUT2D eigenvalue weighted by Crippen LogP contribution is 2.43. The molecule has 0 aliphatic carbocycles. The minimum Gasteiger partial charge on any atom is -0.392 e. The van der Waals surface area contributed by atoms with Crippen molar-refractivity contribution in [2.75, 3.05) is 10.7 Å². The highest BCUT2D eigenvalue weighted by molar-refractivity contribution is 7.99. The number of hydrogen-bond donors (Lipinski definition) is 1. The van der Waals surface area contributed by atoms with Gasteiger partial charge in [-0.2, -0.15) is 0 Å². The van der Waals surface area contributed by atoms with Crippen molar-refractivity contribution in [1.29, 1.82) is 0 Å². The zero-order valence-corrected chi connectivity index (χ0v) is 22.7. The van der Waals surface area contributed by atoms with Crippen molar-refractivity contribution in [3.63, 3.8) is 0 Å². The average Bonchev–Trinajstić information content (AvgIpc) is 3.26. The molecule has 7 nitrogen and oxygen atoms in total. The van der Waals surface area contributed by atoms with E-state index in [0.29, 0.717) is 28.1 Å². The Balaban J connectivity index is 1.30. The fraction of sp³-hybridized carbons (Fsp3) is 0.219. The maximum absolute atomic E-state index is 13.1. The van der Waals surface area contributed by atoms with Gasteiger partial charge in [0.1, 0.15) is 0 Å². The molecular formula is C32H28N2O5S. The Hall–Kier alpha value is -3.82. The van der Waals surface area contributed by atoms with Crippen molar-refractivity contribution in [2.24, 2.45) is 5.92 Å². The Bertz CT molecular complexity index is 1490. The van der Waals surface area contributed by atoms with Crippen LogP contribution in [-0.2, 0) is 16.1 Å². The van der Waals surface area contributed by atoms with E-state index in [4.69, 9.17) is 9.47 Å². The van der Waals surface area contributed by atoms with E-state index in [1.165, 1.54) is 4.90 Å². The van der Waals surface area contributed by atoms with E-state index >= 15 is 0 Å². The lowest BCUT2D eigenvalue weighted by atomic mass is 9.91. The van der Waals surface area contributed by atoms with Gasteiger partial charge in [-0.15, -0.1) is 11.8 Å². The van der Waals surface area contributed by atoms with Crippen molar-refractivity contribution in [3.8, 4) is 0 Å². The van der Waals surface area contributed by atoms with Crippen LogP contribution in [0.5, 0.6) is 0 Å². The van der Waals surface area contributed by atoms with Gasteiger partial charge in [-0.25, -0.2) is 9.88 Å². The number of ether oxygens (including phenoxy) is 2. The van der Waals surface area contributed by atoms with E-state index in [9.17, 15) is 14.7 Å². The van der Waals surface area contributed by atoms with E-state index < -0.39 is 6.29 Å². The third kappa shape index (κ3) is 5.07. The van der Waals surface area contributed by atoms with Crippen LogP contribution in [0.2, 0.25) is 0 Å². The number of aliphatic hydroxyl groups is 1. The van der Waals surface area contributed by atoms with Gasteiger partial charge in [0.15, 0.2) is 6.29 Å². The molecule has 0 radical (unpaired) electrons. The van der Waals surface area contributed by atoms with Gasteiger partial charge in [-0.1, -0.05) is 61.5 Å². The molecule has 1 N–H and O–H groups in total. The number of hydrogen-bond acceptors (Lipinski definition) is 7. The number of aliphatic hydroxyl groups excluding tert-OH is 1. The van der Waals surface area contributed by atoms with Gasteiger partial charge in [0.25, 0.3) is 11.8 Å². The number of pyridine rings is 1. The quantitative estimate of drug-likeness (QED) is 0.224. The summed E-state index contributed by atoms with van der Waals surface area (Å²) in [4.78, 5) is 31.9. The molecule has 4 atom stereocenters. The van der Waals surface area contributed by atoms with Crippen LogP contribution in [0, 0.1) is 5.92 Å². The number of aromatic nitrogens is 1. The third-order valence-corrected chi connectivity index (χ3v) is 8.38. The fourth-order valence-corrected chi connectivity index (χ4v) is 6.17. The Morgan fingerprint density at radius 3 is 2.25 bits per heavy atom. The van der Waals surface area contributed by atoms with Gasteiger partial charge >= 0.3 is 0 Å². The lowest BCUT2D eigenvalue weighted by Crippen LogP contribution is -2.38. The van der Waals surface area contributed by atoms with Gasteiger partial charge in [-0.05, 0) is 47.5 Å². The summed E-state index contributed by atoms with van der Waals surface area (Å²) in [6.45, 7) is 2.08. The molecule has 3 heterocycles. The first-order valence-electron chi connectivity index (χ1n) is 13.2. The van der Waals surface area contributed by atoms with Crippen LogP contribution in [0.15, 0.2) is 102 Å². The predicted molar refractivity (Wildman–Crippen MR) is 152 cm³/mol. The molecule has 0 saturated carbocycles. The maximum atomic E-state index is 13.1. The number of carbonyl (C=O) groups is 2. The second-order valence-electron chi connectivity index (χ2n) is 9.89. The molecule has 2 aliphatic rings. The van der Waals surface area contributed by atoms with Crippen molar-refractivity contribution in [3.05, 3.63) is 125 Å². The van der Waals surface area contributed by atoms with Crippen LogP contribution in [0.3, 0.4) is 0 Å². The molecule has 4 aromatic rings. The number of carbonyl (C=O) groups excluding carboxylic acids is 2. The third-order valence-electron chi connectivity index (χ3n) is 7.35. The fourth-order valence-electron chi connectivity index (χ4n) is 5.14. The molecule has 0 spiro atoms. The van der Waals surface area contributed by atoms with Crippen LogP contribution >= 0.6 is 11.8 Å². The number of rotatable bonds is 7. The Morgan fingerprint density at radius 1 is 0.850 bits per heavy atom. The van der Waals surface area contributed by atoms with Gasteiger partial charge < -0.3 is 14.6 Å². The first-order chi connectivity index (χ1) is 19.5. The van der Waals surface area contributed by atoms with E-state index in [0.717, 1.165) is 16.2 Å². The summed E-state index contributed by atoms with van der Waals surface area (Å²) < 4.78 is 13.1. The molecule has 2 aliphatic heterocycles. The minimum atomic E-state index is -0.719. The highest BCUT2D eigenvalue weighted by Gasteiger charge is 2.40. The normalized spacial score (nSPS) is 22.4. The molecule has 0 bridgehead atoms. The van der Waals surface area contributed by atoms with Crippen molar-refractivity contribution in [2.45, 2.75) is 37.1 Å². The molecule has 40 heavy (non-hydrogen) atoms. The number of thioether (sulfide) groups is 1. The standard InChI is InChI=1S/C32H28N2O5S/c1-20-27(19-40-28-11-4-5-16-33-28)38-32(39-29(20)22-14-12-21(18-35)13-15-22)23-7-6-8-24(17-23)34-30(36)25-9-2-3-10-26(25)31(34)37/h2-17,20,27,29,32,35H,18-19H2,1H3. The summed E-state index contributed by atoms with van der Waals surface area (Å²) in [6, 6.07) is 27.7. The number of imide groups is 1. The lowest BCUT2D eigenvalue weighted by molar-refractivity contribution is -0.268. The first kappa shape index (κ1) is 26.4. The minimum absolute atomic E-state index is 0.0202. The average molecular weight is 553 g/mol. The molecule has 1 saturated heterocycles. The van der Waals surface area contributed by atoms with E-state index in [2.05, 4.69) is 11.9 Å². The van der Waals surface area contributed by atoms with E-state index in [-0.39, 0.29) is 36.5 Å². The number of anilines is 1. The predicted octanol–water partition coefficient (Wildman–Crippen LogP) is 5.96. The molecule has 6 rings (SSSR count). The zero-order valence-electron chi connectivity index (χ0n) is 21.8. The molecular weight excluding hydrogens is 524 g/mol. The van der Waals surface area contributed by atoms with Gasteiger partial charge in [0, 0.05) is 23.4 Å². The van der Waals surface area contributed by atoms with Crippen molar-refractivity contribution < 1.29 is 24.2 Å². The lowest BCUT2D eigenvalue weighted by Gasteiger charge is -2.41. The summed E-state index contributed by atoms with van der Waals surface area (Å²) in [6.07, 6.45) is 0.610. The maximum Gasteiger partial charge on any atom is 0.266 e. The summed E-state index contributed by atoms with van der Waals surface area (Å²) in [7, 11) is 0. The van der Waals surface area contributed by atoms with Gasteiger partial charge in [0.2, 0.25) is 0 Å². The topological polar surface area (TPSA) is 89.0 Å². The zero-order chi connectivity index (χ0) is 27.6. The second kappa shape index (κ2) is 11.3. The van der Waals surface area contributed by atoms with Crippen LogP contribution < -0.4 is 4.90 Å². The van der Waals surface area contributed by atoms with E-state index in [1.807, 2.05) is 54.6 Å². The molecule has 2 amide bonds. The molecule has 4 unspecified atom stereocenters. The number of benzene rings is 3. The van der Waals surface area contributed by atoms with Crippen LogP contribution in [0.4, 0.5) is 5.69 Å². The summed E-state index contributed by atoms with van der Waals surface area (Å²) in [5.74, 6) is -0.00000302. The van der Waals surface area contributed by atoms with E-state index in [1.54, 1.807) is 54.4 Å². The Labute approximate surface area is 236 Å². The molecule has 8 heteroatoms. The van der Waals surface area contributed by atoms with Gasteiger partial charge in [0.05, 0.1) is 40.7 Å². The Kier molecular flexibility index (Phi) is 7.49. The van der Waals surface area contributed by atoms with Crippen molar-refractivity contribution in [1.82, 2.24) is 4.98 Å². The monoisotopic (exact) mass is 552 g/mol. The smallest absolute Gasteiger partial charge is 0.266 e. The molecule has 3 aromatic carbocycles. The number of amides is 2. The number of nitrogens with zero attached hydrogens (tertiary/aromatic N) is 2. The largest absolute Gasteiger partial charge is 0.392 e. The first-order valence-corrected chi connectivity index (χ1v) is 14.1. The molecule has 202 valence electrons. The van der Waals surface area contributed by atoms with Crippen LogP contribution in [0.25, 0.3) is 0 Å². The summed E-state index contributed by atoms with van der Waals surface area (Å²) in [5.41, 5.74) is 3.80. The molecule has 1 aromatic heterocycles. The number of fused-ring (bicyclic) bond motifs is 1. The Morgan fingerprint density at radius 2 is 1.57 bits per heavy atom. The summed E-state index contributed by atoms with van der Waals surface area (Å²) >= 11 is 1.63. The highest BCUT2D eigenvalue weighted by atomic mass is 32.2. The molecule has 1 fully saturated rings. The van der Waals surface area contributed by atoms with Crippen LogP contribution in [-0.4, -0.2) is 33.8 Å². The summed E-state index contributed by atoms with van der Waals surface area (Å²) in [5, 5.41) is 10.4.